The Bertz CT molecular complexity index is 558. The molecule has 0 fully saturated rings. The second kappa shape index (κ2) is 4.93. The van der Waals surface area contributed by atoms with E-state index < -0.39 is 5.97 Å². The highest BCUT2D eigenvalue weighted by Crippen LogP contribution is 2.31. The van der Waals surface area contributed by atoms with E-state index in [1.165, 1.54) is 6.08 Å². The van der Waals surface area contributed by atoms with Crippen LogP contribution in [0.3, 0.4) is 0 Å². The summed E-state index contributed by atoms with van der Waals surface area (Å²) in [5.41, 5.74) is 1.81. The third kappa shape index (κ3) is 2.79. The van der Waals surface area contributed by atoms with Crippen molar-refractivity contribution in [2.24, 2.45) is 0 Å². The van der Waals surface area contributed by atoms with Crippen molar-refractivity contribution in [3.63, 3.8) is 0 Å². The molecule has 0 atom stereocenters. The number of hydrogen-bond acceptors (Lipinski definition) is 3. The normalized spacial score (nSPS) is 11.5. The van der Waals surface area contributed by atoms with Crippen molar-refractivity contribution in [2.75, 3.05) is 0 Å². The Hall–Kier alpha value is -1.94. The minimum atomic E-state index is -0.918. The molecule has 0 aliphatic carbocycles. The van der Waals surface area contributed by atoms with Crippen LogP contribution < -0.4 is 0 Å². The summed E-state index contributed by atoms with van der Waals surface area (Å²) < 4.78 is 0. The van der Waals surface area contributed by atoms with E-state index in [0.717, 1.165) is 20.9 Å². The maximum Gasteiger partial charge on any atom is 0.328 e. The summed E-state index contributed by atoms with van der Waals surface area (Å²) in [4.78, 5) is 16.7. The second-order valence-corrected chi connectivity index (χ2v) is 4.65. The first-order chi connectivity index (χ1) is 8.16. The molecule has 3 nitrogen and oxygen atoms in total. The number of carbonyl (C=O) groups is 1. The van der Waals surface area contributed by atoms with Gasteiger partial charge in [0.2, 0.25) is 0 Å². The summed E-state index contributed by atoms with van der Waals surface area (Å²) in [5.74, 6) is -0.918. The highest BCUT2D eigenvalue weighted by molar-refractivity contribution is 7.16. The van der Waals surface area contributed by atoms with Gasteiger partial charge in [-0.15, -0.1) is 11.3 Å². The standard InChI is InChI=1S/C13H11NO2S/c1-9(7-13(15)16)11-4-5-12(17-11)10-3-2-6-14-8-10/h2-8H,1H3,(H,15,16)/b9-7+. The smallest absolute Gasteiger partial charge is 0.328 e. The molecule has 2 aromatic rings. The van der Waals surface area contributed by atoms with Crippen molar-refractivity contribution in [2.45, 2.75) is 6.92 Å². The molecule has 0 aromatic carbocycles. The number of aliphatic carboxylic acids is 1. The molecule has 2 rings (SSSR count). The Morgan fingerprint density at radius 3 is 2.88 bits per heavy atom. The lowest BCUT2D eigenvalue weighted by atomic mass is 10.2. The molecule has 17 heavy (non-hydrogen) atoms. The molecule has 0 saturated carbocycles. The maximum absolute atomic E-state index is 10.6. The van der Waals surface area contributed by atoms with Gasteiger partial charge in [0, 0.05) is 33.8 Å². The number of hydrogen-bond donors (Lipinski definition) is 1. The number of nitrogens with zero attached hydrogens (tertiary/aromatic N) is 1. The lowest BCUT2D eigenvalue weighted by molar-refractivity contribution is -0.131. The largest absolute Gasteiger partial charge is 0.478 e. The molecule has 0 unspecified atom stereocenters. The fourth-order valence-corrected chi connectivity index (χ4v) is 2.44. The van der Waals surface area contributed by atoms with Gasteiger partial charge in [0.15, 0.2) is 0 Å². The van der Waals surface area contributed by atoms with Gasteiger partial charge < -0.3 is 5.11 Å². The van der Waals surface area contributed by atoms with E-state index in [2.05, 4.69) is 4.98 Å². The van der Waals surface area contributed by atoms with Crippen LogP contribution in [0.4, 0.5) is 0 Å². The molecule has 0 amide bonds. The minimum Gasteiger partial charge on any atom is -0.478 e. The van der Waals surface area contributed by atoms with Gasteiger partial charge in [-0.2, -0.15) is 0 Å². The third-order valence-corrected chi connectivity index (χ3v) is 3.55. The summed E-state index contributed by atoms with van der Waals surface area (Å²) in [5, 5.41) is 8.69. The fourth-order valence-electron chi connectivity index (χ4n) is 1.47. The molecular formula is C13H11NO2S. The quantitative estimate of drug-likeness (QED) is 0.844. The highest BCUT2D eigenvalue weighted by atomic mass is 32.1. The van der Waals surface area contributed by atoms with Crippen LogP contribution >= 0.6 is 11.3 Å². The Balaban J connectivity index is 2.31. The first-order valence-corrected chi connectivity index (χ1v) is 5.90. The topological polar surface area (TPSA) is 50.2 Å². The fraction of sp³-hybridized carbons (Fsp3) is 0.0769. The Kier molecular flexibility index (Phi) is 3.35. The first-order valence-electron chi connectivity index (χ1n) is 5.08. The molecule has 0 aliphatic heterocycles. The minimum absolute atomic E-state index is 0.762. The number of aromatic nitrogens is 1. The Morgan fingerprint density at radius 2 is 2.24 bits per heavy atom. The molecular weight excluding hydrogens is 234 g/mol. The number of allylic oxidation sites excluding steroid dienone is 1. The molecule has 86 valence electrons. The van der Waals surface area contributed by atoms with Gasteiger partial charge in [0.25, 0.3) is 0 Å². The van der Waals surface area contributed by atoms with E-state index in [9.17, 15) is 4.79 Å². The Labute approximate surface area is 103 Å². The van der Waals surface area contributed by atoms with Crippen LogP contribution in [0.1, 0.15) is 11.8 Å². The predicted molar refractivity (Wildman–Crippen MR) is 68.8 cm³/mol. The first kappa shape index (κ1) is 11.5. The van der Waals surface area contributed by atoms with E-state index in [0.29, 0.717) is 0 Å². The lowest BCUT2D eigenvalue weighted by Gasteiger charge is -1.95. The van der Waals surface area contributed by atoms with Gasteiger partial charge in [-0.25, -0.2) is 4.79 Å². The summed E-state index contributed by atoms with van der Waals surface area (Å²) in [6, 6.07) is 7.78. The summed E-state index contributed by atoms with van der Waals surface area (Å²) in [7, 11) is 0. The molecule has 0 radical (unpaired) electrons. The molecule has 0 aliphatic rings. The predicted octanol–water partition coefficient (Wildman–Crippen LogP) is 3.30. The number of carboxylic acids is 1. The number of thiophene rings is 1. The Morgan fingerprint density at radius 1 is 1.41 bits per heavy atom. The van der Waals surface area contributed by atoms with Crippen LogP contribution in [-0.4, -0.2) is 16.1 Å². The van der Waals surface area contributed by atoms with E-state index in [1.54, 1.807) is 30.7 Å². The van der Waals surface area contributed by atoms with Gasteiger partial charge >= 0.3 is 5.97 Å². The number of pyridine rings is 1. The van der Waals surface area contributed by atoms with Crippen LogP contribution in [0, 0.1) is 0 Å². The molecule has 0 saturated heterocycles. The van der Waals surface area contributed by atoms with Crippen molar-refractivity contribution < 1.29 is 9.90 Å². The molecule has 0 bridgehead atoms. The van der Waals surface area contributed by atoms with E-state index in [-0.39, 0.29) is 0 Å². The van der Waals surface area contributed by atoms with Crippen LogP contribution in [0.5, 0.6) is 0 Å². The molecule has 2 aromatic heterocycles. The SMILES string of the molecule is C/C(=C\C(=O)O)c1ccc(-c2cccnc2)s1. The van der Waals surface area contributed by atoms with Crippen molar-refractivity contribution in [3.8, 4) is 10.4 Å². The van der Waals surface area contributed by atoms with Crippen LogP contribution in [0.25, 0.3) is 16.0 Å². The van der Waals surface area contributed by atoms with Crippen LogP contribution in [0.15, 0.2) is 42.7 Å². The maximum atomic E-state index is 10.6. The van der Waals surface area contributed by atoms with Crippen molar-refractivity contribution in [1.82, 2.24) is 4.98 Å². The van der Waals surface area contributed by atoms with Crippen molar-refractivity contribution in [3.05, 3.63) is 47.6 Å². The van der Waals surface area contributed by atoms with Crippen molar-refractivity contribution >= 4 is 22.9 Å². The average Bonchev–Trinajstić information content (AvgIpc) is 2.78. The van der Waals surface area contributed by atoms with Gasteiger partial charge in [0.05, 0.1) is 0 Å². The highest BCUT2D eigenvalue weighted by Gasteiger charge is 2.05. The lowest BCUT2D eigenvalue weighted by Crippen LogP contribution is -1.88. The monoisotopic (exact) mass is 245 g/mol. The molecule has 0 spiro atoms. The summed E-state index contributed by atoms with van der Waals surface area (Å²) >= 11 is 1.56. The van der Waals surface area contributed by atoms with Crippen LogP contribution in [-0.2, 0) is 4.79 Å². The van der Waals surface area contributed by atoms with Gasteiger partial charge in [-0.3, -0.25) is 4.98 Å². The van der Waals surface area contributed by atoms with E-state index >= 15 is 0 Å². The average molecular weight is 245 g/mol. The van der Waals surface area contributed by atoms with E-state index in [4.69, 9.17) is 5.11 Å². The summed E-state index contributed by atoms with van der Waals surface area (Å²) in [6.45, 7) is 1.80. The van der Waals surface area contributed by atoms with Gasteiger partial charge in [-0.05, 0) is 30.7 Å². The zero-order valence-electron chi connectivity index (χ0n) is 9.25. The number of carboxylic acid groups (broad SMARTS) is 1. The molecule has 4 heteroatoms. The third-order valence-electron chi connectivity index (χ3n) is 2.28. The van der Waals surface area contributed by atoms with Gasteiger partial charge in [-0.1, -0.05) is 6.07 Å². The van der Waals surface area contributed by atoms with Crippen LogP contribution in [0.2, 0.25) is 0 Å². The van der Waals surface area contributed by atoms with Crippen molar-refractivity contribution in [1.29, 1.82) is 0 Å². The zero-order chi connectivity index (χ0) is 12.3. The number of rotatable bonds is 3. The molecule has 2 heterocycles. The second-order valence-electron chi connectivity index (χ2n) is 3.57. The molecule has 1 N–H and O–H groups in total. The summed E-state index contributed by atoms with van der Waals surface area (Å²) in [6.07, 6.45) is 4.75. The zero-order valence-corrected chi connectivity index (χ0v) is 10.1. The van der Waals surface area contributed by atoms with E-state index in [1.807, 2.05) is 24.3 Å². The van der Waals surface area contributed by atoms with Gasteiger partial charge in [0.1, 0.15) is 0 Å².